The molecule has 98 valence electrons. The average Bonchev–Trinajstić information content (AvgIpc) is 2.97. The molecule has 2 heterocycles. The molecule has 1 saturated heterocycles. The summed E-state index contributed by atoms with van der Waals surface area (Å²) in [6.45, 7) is 2.39. The van der Waals surface area contributed by atoms with Gasteiger partial charge in [-0.1, -0.05) is 0 Å². The Hall–Kier alpha value is -0.940. The maximum Gasteiger partial charge on any atom is 0.253 e. The fourth-order valence-electron chi connectivity index (χ4n) is 1.88. The molecule has 0 bridgehead atoms. The lowest BCUT2D eigenvalue weighted by molar-refractivity contribution is 0.163. The van der Waals surface area contributed by atoms with E-state index in [0.29, 0.717) is 13.0 Å². The van der Waals surface area contributed by atoms with E-state index in [9.17, 15) is 13.7 Å². The molecule has 1 atom stereocenters. The molecule has 0 aliphatic carbocycles. The van der Waals surface area contributed by atoms with Gasteiger partial charge in [0.15, 0.2) is 0 Å². The van der Waals surface area contributed by atoms with Crippen LogP contribution in [0.4, 0.5) is 0 Å². The van der Waals surface area contributed by atoms with E-state index in [0.717, 1.165) is 9.18 Å². The van der Waals surface area contributed by atoms with Gasteiger partial charge in [-0.05, 0) is 19.1 Å². The van der Waals surface area contributed by atoms with Gasteiger partial charge in [0, 0.05) is 25.0 Å². The Morgan fingerprint density at radius 1 is 1.56 bits per heavy atom. The maximum atomic E-state index is 12.4. The molecule has 1 fully saturated rings. The van der Waals surface area contributed by atoms with Crippen LogP contribution in [-0.2, 0) is 14.8 Å². The molecule has 1 unspecified atom stereocenters. The highest BCUT2D eigenvalue weighted by molar-refractivity contribution is 7.91. The molecule has 5 nitrogen and oxygen atoms in total. The first-order valence-corrected chi connectivity index (χ1v) is 7.72. The summed E-state index contributed by atoms with van der Waals surface area (Å²) in [6.07, 6.45) is 0.406. The van der Waals surface area contributed by atoms with Crippen molar-refractivity contribution in [2.45, 2.75) is 23.1 Å². The Kier molecular flexibility index (Phi) is 3.47. The Balaban J connectivity index is 2.39. The number of ether oxygens (including phenoxy) is 1. The number of nitriles is 1. The van der Waals surface area contributed by atoms with Crippen molar-refractivity contribution < 1.29 is 13.2 Å². The molecule has 1 aromatic rings. The smallest absolute Gasteiger partial charge is 0.253 e. The van der Waals surface area contributed by atoms with Gasteiger partial charge >= 0.3 is 0 Å². The number of thiophene rings is 1. The first-order chi connectivity index (χ1) is 8.42. The summed E-state index contributed by atoms with van der Waals surface area (Å²) in [4.78, 5) is 0.927. The Morgan fingerprint density at radius 2 is 2.28 bits per heavy atom. The molecule has 0 saturated carbocycles. The largest absolute Gasteiger partial charge is 0.378 e. The molecule has 0 N–H and O–H groups in total. The van der Waals surface area contributed by atoms with E-state index in [4.69, 9.17) is 4.74 Å². The van der Waals surface area contributed by atoms with Crippen LogP contribution in [0.5, 0.6) is 0 Å². The van der Waals surface area contributed by atoms with Crippen LogP contribution < -0.4 is 0 Å². The molecule has 0 amide bonds. The number of aryl methyl sites for hydroxylation is 1. The number of hydrogen-bond donors (Lipinski definition) is 0. The third-order valence-electron chi connectivity index (χ3n) is 3.14. The van der Waals surface area contributed by atoms with Gasteiger partial charge in [-0.25, -0.2) is 8.42 Å². The van der Waals surface area contributed by atoms with E-state index in [2.05, 4.69) is 6.07 Å². The molecular weight excluding hydrogens is 272 g/mol. The molecule has 18 heavy (non-hydrogen) atoms. The van der Waals surface area contributed by atoms with Gasteiger partial charge in [0.1, 0.15) is 9.75 Å². The molecule has 7 heteroatoms. The van der Waals surface area contributed by atoms with Gasteiger partial charge in [0.25, 0.3) is 10.0 Å². The summed E-state index contributed by atoms with van der Waals surface area (Å²) in [5.41, 5.74) is -1.07. The van der Waals surface area contributed by atoms with E-state index < -0.39 is 15.6 Å². The van der Waals surface area contributed by atoms with E-state index in [-0.39, 0.29) is 10.8 Å². The second kappa shape index (κ2) is 4.63. The van der Waals surface area contributed by atoms with Crippen molar-refractivity contribution in [2.24, 2.45) is 0 Å². The SMILES string of the molecule is Cc1ccc(S(=O)(=O)N(C)C2(C#N)CCOC2)s1. The summed E-state index contributed by atoms with van der Waals surface area (Å²) < 4.78 is 31.5. The zero-order valence-electron chi connectivity index (χ0n) is 10.2. The molecule has 1 aliphatic rings. The van der Waals surface area contributed by atoms with E-state index in [1.807, 2.05) is 6.92 Å². The zero-order chi connectivity index (χ0) is 13.4. The van der Waals surface area contributed by atoms with Crippen molar-refractivity contribution in [3.05, 3.63) is 17.0 Å². The second-order valence-electron chi connectivity index (χ2n) is 4.28. The monoisotopic (exact) mass is 286 g/mol. The fourth-order valence-corrected chi connectivity index (χ4v) is 4.77. The quantitative estimate of drug-likeness (QED) is 0.841. The minimum atomic E-state index is -3.62. The number of likely N-dealkylation sites (N-methyl/N-ethyl adjacent to an activating group) is 1. The summed E-state index contributed by atoms with van der Waals surface area (Å²) in [7, 11) is -2.18. The third kappa shape index (κ3) is 2.06. The molecular formula is C11H14N2O3S2. The topological polar surface area (TPSA) is 70.4 Å². The predicted molar refractivity (Wildman–Crippen MR) is 67.8 cm³/mol. The summed E-state index contributed by atoms with van der Waals surface area (Å²) >= 11 is 1.21. The Morgan fingerprint density at radius 3 is 2.72 bits per heavy atom. The van der Waals surface area contributed by atoms with E-state index >= 15 is 0 Å². The van der Waals surface area contributed by atoms with Crippen molar-refractivity contribution in [2.75, 3.05) is 20.3 Å². The first-order valence-electron chi connectivity index (χ1n) is 5.47. The van der Waals surface area contributed by atoms with E-state index in [1.54, 1.807) is 12.1 Å². The van der Waals surface area contributed by atoms with Crippen LogP contribution in [0.2, 0.25) is 0 Å². The zero-order valence-corrected chi connectivity index (χ0v) is 11.8. The van der Waals surface area contributed by atoms with Gasteiger partial charge in [-0.2, -0.15) is 9.57 Å². The first kappa shape index (κ1) is 13.5. The van der Waals surface area contributed by atoms with Crippen LogP contribution in [0.3, 0.4) is 0 Å². The van der Waals surface area contributed by atoms with Crippen LogP contribution in [0.15, 0.2) is 16.3 Å². The molecule has 2 rings (SSSR count). The van der Waals surface area contributed by atoms with Crippen molar-refractivity contribution in [1.29, 1.82) is 5.26 Å². The highest BCUT2D eigenvalue weighted by atomic mass is 32.2. The normalized spacial score (nSPS) is 24.3. The third-order valence-corrected chi connectivity index (χ3v) is 6.53. The maximum absolute atomic E-state index is 12.4. The van der Waals surface area contributed by atoms with Gasteiger partial charge < -0.3 is 4.74 Å². The highest BCUT2D eigenvalue weighted by Crippen LogP contribution is 2.32. The molecule has 0 spiro atoms. The molecule has 0 radical (unpaired) electrons. The van der Waals surface area contributed by atoms with Crippen molar-refractivity contribution in [3.8, 4) is 6.07 Å². The average molecular weight is 286 g/mol. The van der Waals surface area contributed by atoms with Crippen LogP contribution in [0.25, 0.3) is 0 Å². The fraction of sp³-hybridized carbons (Fsp3) is 0.545. The second-order valence-corrected chi connectivity index (χ2v) is 7.77. The lowest BCUT2D eigenvalue weighted by Gasteiger charge is -2.29. The minimum Gasteiger partial charge on any atom is -0.378 e. The molecule has 0 aromatic carbocycles. The number of rotatable bonds is 3. The lowest BCUT2D eigenvalue weighted by Crippen LogP contribution is -2.48. The lowest BCUT2D eigenvalue weighted by atomic mass is 10.0. The summed E-state index contributed by atoms with van der Waals surface area (Å²) in [5.74, 6) is 0. The molecule has 1 aliphatic heterocycles. The Labute approximate surface area is 111 Å². The van der Waals surface area contributed by atoms with E-state index in [1.165, 1.54) is 18.4 Å². The Bertz CT molecular complexity index is 580. The van der Waals surface area contributed by atoms with Gasteiger partial charge in [-0.3, -0.25) is 0 Å². The van der Waals surface area contributed by atoms with Crippen LogP contribution in [0, 0.1) is 18.3 Å². The van der Waals surface area contributed by atoms with Gasteiger partial charge in [0.2, 0.25) is 0 Å². The van der Waals surface area contributed by atoms with Crippen LogP contribution in [0.1, 0.15) is 11.3 Å². The van der Waals surface area contributed by atoms with Crippen molar-refractivity contribution >= 4 is 21.4 Å². The summed E-state index contributed by atoms with van der Waals surface area (Å²) in [5, 5.41) is 9.27. The standard InChI is InChI=1S/C11H14N2O3S2/c1-9-3-4-10(17-9)18(14,15)13(2)11(7-12)5-6-16-8-11/h3-4H,5-6,8H2,1-2H3. The predicted octanol–water partition coefficient (Wildman–Crippen LogP) is 1.36. The number of hydrogen-bond acceptors (Lipinski definition) is 5. The summed E-state index contributed by atoms with van der Waals surface area (Å²) in [6, 6.07) is 5.42. The van der Waals surface area contributed by atoms with Crippen molar-refractivity contribution in [3.63, 3.8) is 0 Å². The highest BCUT2D eigenvalue weighted by Gasteiger charge is 2.45. The van der Waals surface area contributed by atoms with Gasteiger partial charge in [-0.15, -0.1) is 11.3 Å². The number of sulfonamides is 1. The van der Waals surface area contributed by atoms with Crippen molar-refractivity contribution in [1.82, 2.24) is 4.31 Å². The van der Waals surface area contributed by atoms with Gasteiger partial charge in [0.05, 0.1) is 12.7 Å². The van der Waals surface area contributed by atoms with Crippen LogP contribution in [-0.4, -0.2) is 38.5 Å². The van der Waals surface area contributed by atoms with Crippen LogP contribution >= 0.6 is 11.3 Å². The minimum absolute atomic E-state index is 0.129. The number of nitrogens with zero attached hydrogens (tertiary/aromatic N) is 2. The molecule has 1 aromatic heterocycles.